The molecular weight excluding hydrogens is 290 g/mol. The van der Waals surface area contributed by atoms with Crippen LogP contribution >= 0.6 is 0 Å². The van der Waals surface area contributed by atoms with Gasteiger partial charge in [-0.2, -0.15) is 0 Å². The van der Waals surface area contributed by atoms with E-state index in [1.54, 1.807) is 14.2 Å². The normalized spacial score (nSPS) is 19.0. The van der Waals surface area contributed by atoms with Gasteiger partial charge in [-0.3, -0.25) is 4.79 Å². The van der Waals surface area contributed by atoms with Crippen LogP contribution in [0.3, 0.4) is 0 Å². The molecule has 1 saturated carbocycles. The highest BCUT2D eigenvalue weighted by Gasteiger charge is 2.35. The highest BCUT2D eigenvalue weighted by molar-refractivity contribution is 6.05. The van der Waals surface area contributed by atoms with Gasteiger partial charge < -0.3 is 14.0 Å². The van der Waals surface area contributed by atoms with Crippen LogP contribution in [0.5, 0.6) is 11.5 Å². The highest BCUT2D eigenvalue weighted by atomic mass is 16.5. The Morgan fingerprint density at radius 3 is 2.52 bits per heavy atom. The molecule has 0 spiro atoms. The summed E-state index contributed by atoms with van der Waals surface area (Å²) in [5, 5.41) is 0. The highest BCUT2D eigenvalue weighted by Crippen LogP contribution is 2.45. The third-order valence-corrected chi connectivity index (χ3v) is 4.99. The summed E-state index contributed by atoms with van der Waals surface area (Å²) in [5.74, 6) is 2.33. The first-order chi connectivity index (χ1) is 11.1. The smallest absolute Gasteiger partial charge is 0.168 e. The molecule has 4 nitrogen and oxygen atoms in total. The van der Waals surface area contributed by atoms with E-state index in [4.69, 9.17) is 9.47 Å². The number of hydrogen-bond donors (Lipinski definition) is 0. The van der Waals surface area contributed by atoms with Crippen LogP contribution in [-0.2, 0) is 6.54 Å². The Balaban J connectivity index is 1.91. The summed E-state index contributed by atoms with van der Waals surface area (Å²) in [6, 6.07) is 6.05. The second kappa shape index (κ2) is 5.15. The maximum Gasteiger partial charge on any atom is 0.168 e. The van der Waals surface area contributed by atoms with Crippen molar-refractivity contribution in [2.24, 2.45) is 5.92 Å². The molecule has 1 atom stereocenters. The van der Waals surface area contributed by atoms with Crippen molar-refractivity contribution in [2.45, 2.75) is 32.2 Å². The average Bonchev–Trinajstić information content (AvgIpc) is 3.33. The van der Waals surface area contributed by atoms with Crippen molar-refractivity contribution in [1.29, 1.82) is 0 Å². The SMILES string of the molecule is COc1cc2c(cc1OC)C(C)Cn1ccc(C(=O)C3CC3)c1-2. The van der Waals surface area contributed by atoms with Crippen LogP contribution in [0.2, 0.25) is 0 Å². The summed E-state index contributed by atoms with van der Waals surface area (Å²) in [5.41, 5.74) is 4.21. The zero-order valence-electron chi connectivity index (χ0n) is 13.8. The van der Waals surface area contributed by atoms with Gasteiger partial charge in [-0.05, 0) is 42.5 Å². The summed E-state index contributed by atoms with van der Waals surface area (Å²) < 4.78 is 13.1. The van der Waals surface area contributed by atoms with Gasteiger partial charge >= 0.3 is 0 Å². The van der Waals surface area contributed by atoms with Crippen LogP contribution in [0.25, 0.3) is 11.3 Å². The molecule has 1 unspecified atom stereocenters. The van der Waals surface area contributed by atoms with E-state index < -0.39 is 0 Å². The van der Waals surface area contributed by atoms with E-state index in [-0.39, 0.29) is 11.7 Å². The fourth-order valence-electron chi connectivity index (χ4n) is 3.59. The van der Waals surface area contributed by atoms with Gasteiger partial charge in [0.15, 0.2) is 17.3 Å². The van der Waals surface area contributed by atoms with Crippen molar-refractivity contribution < 1.29 is 14.3 Å². The fourth-order valence-corrected chi connectivity index (χ4v) is 3.59. The predicted octanol–water partition coefficient (Wildman–Crippen LogP) is 3.88. The minimum absolute atomic E-state index is 0.227. The third kappa shape index (κ3) is 2.16. The monoisotopic (exact) mass is 311 g/mol. The molecule has 23 heavy (non-hydrogen) atoms. The maximum atomic E-state index is 12.6. The van der Waals surface area contributed by atoms with Crippen molar-refractivity contribution in [3.63, 3.8) is 0 Å². The first kappa shape index (κ1) is 14.4. The fraction of sp³-hybridized carbons (Fsp3) is 0.421. The molecule has 4 heteroatoms. The molecule has 0 N–H and O–H groups in total. The first-order valence-electron chi connectivity index (χ1n) is 8.13. The predicted molar refractivity (Wildman–Crippen MR) is 88.4 cm³/mol. The standard InChI is InChI=1S/C19H21NO3/c1-11-10-20-7-6-13(19(21)12-4-5-12)18(20)15-9-17(23-3)16(22-2)8-14(11)15/h6-9,11-12H,4-5,10H2,1-3H3. The van der Waals surface area contributed by atoms with Crippen LogP contribution in [0.1, 0.15) is 41.6 Å². The summed E-state index contributed by atoms with van der Waals surface area (Å²) in [4.78, 5) is 12.6. The molecule has 1 aliphatic heterocycles. The summed E-state index contributed by atoms with van der Waals surface area (Å²) in [6.45, 7) is 3.09. The van der Waals surface area contributed by atoms with E-state index >= 15 is 0 Å². The zero-order valence-corrected chi connectivity index (χ0v) is 13.8. The van der Waals surface area contributed by atoms with Gasteiger partial charge in [-0.25, -0.2) is 0 Å². The molecule has 0 radical (unpaired) electrons. The molecule has 2 heterocycles. The zero-order chi connectivity index (χ0) is 16.1. The molecule has 1 aromatic heterocycles. The van der Waals surface area contributed by atoms with Gasteiger partial charge in [-0.15, -0.1) is 0 Å². The number of nitrogens with zero attached hydrogens (tertiary/aromatic N) is 1. The Bertz CT molecular complexity index is 786. The van der Waals surface area contributed by atoms with Gasteiger partial charge in [0.2, 0.25) is 0 Å². The van der Waals surface area contributed by atoms with Gasteiger partial charge in [-0.1, -0.05) is 6.92 Å². The number of rotatable bonds is 4. The molecule has 1 aromatic carbocycles. The number of aromatic nitrogens is 1. The van der Waals surface area contributed by atoms with Gasteiger partial charge in [0.05, 0.1) is 19.9 Å². The molecule has 1 fully saturated rings. The molecule has 120 valence electrons. The Morgan fingerprint density at radius 1 is 1.17 bits per heavy atom. The number of benzene rings is 1. The van der Waals surface area contributed by atoms with Crippen molar-refractivity contribution in [2.75, 3.05) is 14.2 Å². The molecule has 4 rings (SSSR count). The van der Waals surface area contributed by atoms with Gasteiger partial charge in [0, 0.05) is 29.8 Å². The number of Topliss-reactive ketones (excluding diaryl/α,β-unsaturated/α-hetero) is 1. The van der Waals surface area contributed by atoms with E-state index in [9.17, 15) is 4.79 Å². The molecule has 0 saturated heterocycles. The number of hydrogen-bond acceptors (Lipinski definition) is 3. The van der Waals surface area contributed by atoms with Crippen LogP contribution in [0.4, 0.5) is 0 Å². The summed E-state index contributed by atoms with van der Waals surface area (Å²) in [6.07, 6.45) is 4.10. The van der Waals surface area contributed by atoms with Crippen LogP contribution in [-0.4, -0.2) is 24.6 Å². The van der Waals surface area contributed by atoms with E-state index in [0.29, 0.717) is 11.7 Å². The number of ether oxygens (including phenoxy) is 2. The van der Waals surface area contributed by atoms with Gasteiger partial charge in [0.1, 0.15) is 0 Å². The topological polar surface area (TPSA) is 40.5 Å². The molecule has 2 aromatic rings. The Morgan fingerprint density at radius 2 is 1.87 bits per heavy atom. The quantitative estimate of drug-likeness (QED) is 0.805. The van der Waals surface area contributed by atoms with E-state index in [2.05, 4.69) is 17.6 Å². The summed E-state index contributed by atoms with van der Waals surface area (Å²) >= 11 is 0. The largest absolute Gasteiger partial charge is 0.493 e. The van der Waals surface area contributed by atoms with E-state index in [1.165, 1.54) is 5.56 Å². The molecular formula is C19H21NO3. The van der Waals surface area contributed by atoms with E-state index in [0.717, 1.165) is 42.0 Å². The summed E-state index contributed by atoms with van der Waals surface area (Å²) in [7, 11) is 3.30. The molecule has 0 amide bonds. The maximum absolute atomic E-state index is 12.6. The Kier molecular flexibility index (Phi) is 3.22. The van der Waals surface area contributed by atoms with Crippen LogP contribution < -0.4 is 9.47 Å². The first-order valence-corrected chi connectivity index (χ1v) is 8.13. The van der Waals surface area contributed by atoms with Crippen LogP contribution in [0, 0.1) is 5.92 Å². The number of carbonyl (C=O) groups excluding carboxylic acids is 1. The lowest BCUT2D eigenvalue weighted by molar-refractivity contribution is 0.0968. The second-order valence-corrected chi connectivity index (χ2v) is 6.56. The minimum Gasteiger partial charge on any atom is -0.493 e. The number of methoxy groups -OCH3 is 2. The second-order valence-electron chi connectivity index (χ2n) is 6.56. The minimum atomic E-state index is 0.227. The lowest BCUT2D eigenvalue weighted by Crippen LogP contribution is -2.16. The number of carbonyl (C=O) groups is 1. The third-order valence-electron chi connectivity index (χ3n) is 4.99. The van der Waals surface area contributed by atoms with E-state index in [1.807, 2.05) is 18.3 Å². The van der Waals surface area contributed by atoms with Crippen molar-refractivity contribution in [3.05, 3.63) is 35.5 Å². The molecule has 0 bridgehead atoms. The van der Waals surface area contributed by atoms with Crippen molar-refractivity contribution in [3.8, 4) is 22.8 Å². The average molecular weight is 311 g/mol. The number of fused-ring (bicyclic) bond motifs is 3. The lowest BCUT2D eigenvalue weighted by Gasteiger charge is -2.27. The molecule has 1 aliphatic carbocycles. The Hall–Kier alpha value is -2.23. The van der Waals surface area contributed by atoms with Crippen molar-refractivity contribution in [1.82, 2.24) is 4.57 Å². The Labute approximate surface area is 136 Å². The van der Waals surface area contributed by atoms with Gasteiger partial charge in [0.25, 0.3) is 0 Å². The van der Waals surface area contributed by atoms with Crippen LogP contribution in [0.15, 0.2) is 24.4 Å². The lowest BCUT2D eigenvalue weighted by atomic mass is 9.88. The molecule has 2 aliphatic rings. The number of ketones is 1. The van der Waals surface area contributed by atoms with Crippen molar-refractivity contribution >= 4 is 5.78 Å².